The van der Waals surface area contributed by atoms with E-state index in [4.69, 9.17) is 0 Å². The number of rotatable bonds is 2. The van der Waals surface area contributed by atoms with Gasteiger partial charge in [0.2, 0.25) is 0 Å². The fraction of sp³-hybridized carbons (Fsp3) is 0.900. The first-order valence-corrected chi connectivity index (χ1v) is 9.88. The van der Waals surface area contributed by atoms with Crippen molar-refractivity contribution in [3.63, 3.8) is 0 Å². The standard InChI is InChI=1S/C20H31N3/c1-18-8-15-9-19(2,12-18)14-20(10-15,13-18)11-17-22-21-16-6-4-3-5-7-23(16)17/h15H,3-14H2,1-2H3. The van der Waals surface area contributed by atoms with Gasteiger partial charge in [-0.3, -0.25) is 0 Å². The summed E-state index contributed by atoms with van der Waals surface area (Å²) in [4.78, 5) is 0. The summed E-state index contributed by atoms with van der Waals surface area (Å²) in [7, 11) is 0. The summed E-state index contributed by atoms with van der Waals surface area (Å²) in [6, 6.07) is 0. The van der Waals surface area contributed by atoms with Gasteiger partial charge in [0.25, 0.3) is 0 Å². The van der Waals surface area contributed by atoms with Gasteiger partial charge in [0.15, 0.2) is 0 Å². The van der Waals surface area contributed by atoms with Crippen LogP contribution < -0.4 is 0 Å². The van der Waals surface area contributed by atoms with Gasteiger partial charge in [-0.25, -0.2) is 0 Å². The number of aromatic nitrogens is 3. The van der Waals surface area contributed by atoms with Gasteiger partial charge < -0.3 is 4.57 Å². The zero-order valence-corrected chi connectivity index (χ0v) is 14.9. The molecule has 4 aliphatic carbocycles. The van der Waals surface area contributed by atoms with Crippen LogP contribution in [0.1, 0.15) is 83.3 Å². The van der Waals surface area contributed by atoms with E-state index in [1.807, 2.05) is 0 Å². The van der Waals surface area contributed by atoms with E-state index in [0.717, 1.165) is 18.9 Å². The Morgan fingerprint density at radius 3 is 2.48 bits per heavy atom. The first-order valence-electron chi connectivity index (χ1n) is 9.88. The third kappa shape index (κ3) is 2.29. The quantitative estimate of drug-likeness (QED) is 0.802. The van der Waals surface area contributed by atoms with Crippen LogP contribution in [0.5, 0.6) is 0 Å². The Hall–Kier alpha value is -0.860. The minimum atomic E-state index is 0.527. The molecule has 3 heteroatoms. The van der Waals surface area contributed by atoms with Crippen molar-refractivity contribution in [2.24, 2.45) is 22.2 Å². The zero-order chi connectivity index (χ0) is 15.7. The lowest BCUT2D eigenvalue weighted by atomic mass is 9.40. The Bertz CT molecular complexity index is 613. The minimum absolute atomic E-state index is 0.527. The molecule has 2 unspecified atom stereocenters. The van der Waals surface area contributed by atoms with Crippen molar-refractivity contribution < 1.29 is 0 Å². The highest BCUT2D eigenvalue weighted by molar-refractivity contribution is 5.13. The average Bonchev–Trinajstić information content (AvgIpc) is 2.65. The number of fused-ring (bicyclic) bond motifs is 1. The van der Waals surface area contributed by atoms with Crippen molar-refractivity contribution in [2.45, 2.75) is 91.0 Å². The molecule has 23 heavy (non-hydrogen) atoms. The van der Waals surface area contributed by atoms with E-state index in [2.05, 4.69) is 28.6 Å². The van der Waals surface area contributed by atoms with Crippen LogP contribution in [-0.2, 0) is 19.4 Å². The van der Waals surface area contributed by atoms with Crippen LogP contribution in [0.2, 0.25) is 0 Å². The molecule has 1 aromatic rings. The fourth-order valence-corrected chi connectivity index (χ4v) is 7.89. The van der Waals surface area contributed by atoms with Crippen LogP contribution >= 0.6 is 0 Å². The normalized spacial score (nSPS) is 45.0. The maximum absolute atomic E-state index is 4.67. The zero-order valence-electron chi connectivity index (χ0n) is 14.9. The molecule has 4 bridgehead atoms. The monoisotopic (exact) mass is 313 g/mol. The lowest BCUT2D eigenvalue weighted by molar-refractivity contribution is -0.145. The third-order valence-electron chi connectivity index (χ3n) is 7.46. The largest absolute Gasteiger partial charge is 0.315 e. The van der Waals surface area contributed by atoms with Crippen LogP contribution in [0.25, 0.3) is 0 Å². The molecule has 0 N–H and O–H groups in total. The van der Waals surface area contributed by atoms with Crippen molar-refractivity contribution in [3.05, 3.63) is 11.6 Å². The lowest BCUT2D eigenvalue weighted by Gasteiger charge is -2.65. The van der Waals surface area contributed by atoms with Crippen molar-refractivity contribution in [1.29, 1.82) is 0 Å². The summed E-state index contributed by atoms with van der Waals surface area (Å²) >= 11 is 0. The maximum atomic E-state index is 4.67. The van der Waals surface area contributed by atoms with Gasteiger partial charge in [0, 0.05) is 19.4 Å². The molecular formula is C20H31N3. The topological polar surface area (TPSA) is 30.7 Å². The number of nitrogens with zero attached hydrogens (tertiary/aromatic N) is 3. The second-order valence-electron chi connectivity index (χ2n) is 10.3. The molecule has 1 aromatic heterocycles. The molecule has 126 valence electrons. The number of aryl methyl sites for hydroxylation is 1. The summed E-state index contributed by atoms with van der Waals surface area (Å²) in [6.45, 7) is 6.31. The summed E-state index contributed by atoms with van der Waals surface area (Å²) < 4.78 is 2.50. The SMILES string of the molecule is CC12CC3CC(C)(C1)CC(Cc1nnc4n1CCCCC4)(C3)C2. The molecular weight excluding hydrogens is 282 g/mol. The van der Waals surface area contributed by atoms with E-state index in [1.54, 1.807) is 0 Å². The molecule has 5 aliphatic rings. The van der Waals surface area contributed by atoms with Crippen LogP contribution in [0.4, 0.5) is 0 Å². The molecule has 6 rings (SSSR count). The van der Waals surface area contributed by atoms with Crippen molar-refractivity contribution in [2.75, 3.05) is 0 Å². The first kappa shape index (κ1) is 14.5. The molecule has 0 amide bonds. The van der Waals surface area contributed by atoms with Gasteiger partial charge in [-0.05, 0) is 73.5 Å². The highest BCUT2D eigenvalue weighted by atomic mass is 15.3. The lowest BCUT2D eigenvalue weighted by Crippen LogP contribution is -2.55. The van der Waals surface area contributed by atoms with Gasteiger partial charge >= 0.3 is 0 Å². The summed E-state index contributed by atoms with van der Waals surface area (Å²) in [5.41, 5.74) is 1.74. The summed E-state index contributed by atoms with van der Waals surface area (Å²) in [6.07, 6.45) is 15.1. The van der Waals surface area contributed by atoms with E-state index in [-0.39, 0.29) is 0 Å². The smallest absolute Gasteiger partial charge is 0.133 e. The Morgan fingerprint density at radius 1 is 0.957 bits per heavy atom. The van der Waals surface area contributed by atoms with E-state index in [0.29, 0.717) is 16.2 Å². The molecule has 0 aromatic carbocycles. The molecule has 4 saturated carbocycles. The van der Waals surface area contributed by atoms with Gasteiger partial charge in [-0.2, -0.15) is 0 Å². The Labute approximate surface area is 140 Å². The number of hydrogen-bond acceptors (Lipinski definition) is 2. The highest BCUT2D eigenvalue weighted by Gasteiger charge is 2.60. The van der Waals surface area contributed by atoms with Gasteiger partial charge in [-0.1, -0.05) is 20.3 Å². The van der Waals surface area contributed by atoms with Crippen molar-refractivity contribution >= 4 is 0 Å². The molecule has 2 atom stereocenters. The van der Waals surface area contributed by atoms with E-state index >= 15 is 0 Å². The van der Waals surface area contributed by atoms with Crippen LogP contribution in [-0.4, -0.2) is 14.8 Å². The average molecular weight is 313 g/mol. The number of hydrogen-bond donors (Lipinski definition) is 0. The predicted octanol–water partition coefficient (Wildman–Crippen LogP) is 4.54. The predicted molar refractivity (Wildman–Crippen MR) is 91.1 cm³/mol. The Balaban J connectivity index is 1.48. The maximum Gasteiger partial charge on any atom is 0.133 e. The molecule has 2 heterocycles. The van der Waals surface area contributed by atoms with Crippen LogP contribution in [0, 0.1) is 22.2 Å². The molecule has 0 radical (unpaired) electrons. The van der Waals surface area contributed by atoms with Gasteiger partial charge in [0.1, 0.15) is 11.6 Å². The summed E-state index contributed by atoms with van der Waals surface area (Å²) in [5.74, 6) is 3.56. The van der Waals surface area contributed by atoms with Crippen molar-refractivity contribution in [1.82, 2.24) is 14.8 Å². The Kier molecular flexibility index (Phi) is 2.90. The molecule has 3 nitrogen and oxygen atoms in total. The summed E-state index contributed by atoms with van der Waals surface area (Å²) in [5, 5.41) is 9.24. The molecule has 4 fully saturated rings. The molecule has 0 spiro atoms. The Morgan fingerprint density at radius 2 is 1.74 bits per heavy atom. The van der Waals surface area contributed by atoms with E-state index < -0.39 is 0 Å². The van der Waals surface area contributed by atoms with Crippen LogP contribution in [0.3, 0.4) is 0 Å². The van der Waals surface area contributed by atoms with Gasteiger partial charge in [0.05, 0.1) is 0 Å². The highest BCUT2D eigenvalue weighted by Crippen LogP contribution is 2.70. The second-order valence-corrected chi connectivity index (χ2v) is 10.3. The van der Waals surface area contributed by atoms with E-state index in [1.165, 1.54) is 75.9 Å². The van der Waals surface area contributed by atoms with Gasteiger partial charge in [-0.15, -0.1) is 10.2 Å². The van der Waals surface area contributed by atoms with Crippen molar-refractivity contribution in [3.8, 4) is 0 Å². The second kappa shape index (κ2) is 4.61. The van der Waals surface area contributed by atoms with E-state index in [9.17, 15) is 0 Å². The molecule has 0 saturated heterocycles. The minimum Gasteiger partial charge on any atom is -0.315 e. The first-order chi connectivity index (χ1) is 11.0. The third-order valence-corrected chi connectivity index (χ3v) is 7.46. The fourth-order valence-electron chi connectivity index (χ4n) is 7.89. The van der Waals surface area contributed by atoms with Crippen LogP contribution in [0.15, 0.2) is 0 Å². The molecule has 1 aliphatic heterocycles.